The van der Waals surface area contributed by atoms with Gasteiger partial charge in [0.25, 0.3) is 0 Å². The molecule has 22 heavy (non-hydrogen) atoms. The van der Waals surface area contributed by atoms with Crippen molar-refractivity contribution in [1.82, 2.24) is 9.38 Å². The summed E-state index contributed by atoms with van der Waals surface area (Å²) in [5.41, 5.74) is 6.29. The number of carbonyl (C=O) groups is 1. The van der Waals surface area contributed by atoms with Crippen molar-refractivity contribution in [2.45, 2.75) is 6.61 Å². The van der Waals surface area contributed by atoms with Crippen molar-refractivity contribution in [1.29, 1.82) is 0 Å². The fraction of sp³-hybridized carbons (Fsp3) is 0.0667. The smallest absolute Gasteiger partial charge is 0.356 e. The molecule has 0 atom stereocenters. The van der Waals surface area contributed by atoms with Crippen LogP contribution in [0.15, 0.2) is 42.5 Å². The van der Waals surface area contributed by atoms with E-state index in [-0.39, 0.29) is 12.3 Å². The number of aromatic nitrogens is 2. The van der Waals surface area contributed by atoms with E-state index in [1.54, 1.807) is 46.9 Å². The third-order valence-electron chi connectivity index (χ3n) is 3.13. The molecule has 0 aliphatic rings. The maximum absolute atomic E-state index is 11.3. The number of hydrogen-bond donors (Lipinski definition) is 2. The lowest BCUT2D eigenvalue weighted by molar-refractivity contribution is 0.0693. The number of halogens is 1. The van der Waals surface area contributed by atoms with Crippen molar-refractivity contribution < 1.29 is 14.6 Å². The summed E-state index contributed by atoms with van der Waals surface area (Å²) in [7, 11) is 0. The van der Waals surface area contributed by atoms with E-state index in [0.717, 1.165) is 0 Å². The normalized spacial score (nSPS) is 10.8. The van der Waals surface area contributed by atoms with Crippen LogP contribution in [0.1, 0.15) is 16.3 Å². The molecule has 0 saturated carbocycles. The van der Waals surface area contributed by atoms with Crippen LogP contribution in [0.5, 0.6) is 5.75 Å². The number of nitrogens with zero attached hydrogens (tertiary/aromatic N) is 2. The lowest BCUT2D eigenvalue weighted by Crippen LogP contribution is -2.04. The number of rotatable bonds is 4. The standard InChI is InChI=1S/C15H12ClN3O3/c16-9-3-1-4-10(7-9)22-8-13-18-14(15(20)21)11-5-2-6-12(17)19(11)13/h1-7H,8,17H2,(H,20,21). The molecule has 3 aromatic rings. The minimum Gasteiger partial charge on any atom is -0.486 e. The highest BCUT2D eigenvalue weighted by atomic mass is 35.5. The number of fused-ring (bicyclic) bond motifs is 1. The number of benzene rings is 1. The Hall–Kier alpha value is -2.73. The van der Waals surface area contributed by atoms with E-state index in [1.807, 2.05) is 0 Å². The molecule has 3 rings (SSSR count). The van der Waals surface area contributed by atoms with Crippen LogP contribution >= 0.6 is 11.6 Å². The molecule has 0 aliphatic carbocycles. The minimum absolute atomic E-state index is 0.0583. The summed E-state index contributed by atoms with van der Waals surface area (Å²) in [5.74, 6) is 0.250. The first kappa shape index (κ1) is 14.2. The zero-order chi connectivity index (χ0) is 15.7. The number of ether oxygens (including phenoxy) is 1. The summed E-state index contributed by atoms with van der Waals surface area (Å²) in [5, 5.41) is 9.79. The highest BCUT2D eigenvalue weighted by molar-refractivity contribution is 6.30. The summed E-state index contributed by atoms with van der Waals surface area (Å²) < 4.78 is 7.18. The number of anilines is 1. The van der Waals surface area contributed by atoms with Gasteiger partial charge in [-0.1, -0.05) is 23.7 Å². The predicted molar refractivity (Wildman–Crippen MR) is 82.3 cm³/mol. The van der Waals surface area contributed by atoms with E-state index < -0.39 is 5.97 Å². The molecule has 0 fully saturated rings. The number of carboxylic acid groups (broad SMARTS) is 1. The van der Waals surface area contributed by atoms with Gasteiger partial charge in [0.05, 0.1) is 5.52 Å². The number of aromatic carboxylic acids is 1. The van der Waals surface area contributed by atoms with E-state index in [9.17, 15) is 9.90 Å². The number of nitrogens with two attached hydrogens (primary N) is 1. The van der Waals surface area contributed by atoms with Gasteiger partial charge in [-0.15, -0.1) is 0 Å². The van der Waals surface area contributed by atoms with Gasteiger partial charge in [-0.25, -0.2) is 9.78 Å². The number of hydrogen-bond acceptors (Lipinski definition) is 4. The van der Waals surface area contributed by atoms with E-state index in [0.29, 0.717) is 27.9 Å². The fourth-order valence-electron chi connectivity index (χ4n) is 2.19. The van der Waals surface area contributed by atoms with Crippen molar-refractivity contribution in [2.75, 3.05) is 5.73 Å². The van der Waals surface area contributed by atoms with E-state index in [2.05, 4.69) is 4.98 Å². The zero-order valence-electron chi connectivity index (χ0n) is 11.4. The molecule has 6 nitrogen and oxygen atoms in total. The van der Waals surface area contributed by atoms with Gasteiger partial charge in [0, 0.05) is 5.02 Å². The van der Waals surface area contributed by atoms with Gasteiger partial charge < -0.3 is 15.6 Å². The van der Waals surface area contributed by atoms with E-state index in [1.165, 1.54) is 0 Å². The van der Waals surface area contributed by atoms with Crippen LogP contribution in [-0.2, 0) is 6.61 Å². The molecular weight excluding hydrogens is 306 g/mol. The Kier molecular flexibility index (Phi) is 3.60. The van der Waals surface area contributed by atoms with Crippen molar-refractivity contribution in [2.24, 2.45) is 0 Å². The molecule has 0 unspecified atom stereocenters. The molecule has 7 heteroatoms. The van der Waals surface area contributed by atoms with Crippen LogP contribution in [0.25, 0.3) is 5.52 Å². The molecule has 2 aromatic heterocycles. The Labute approximate surface area is 130 Å². The Morgan fingerprint density at radius 2 is 2.09 bits per heavy atom. The van der Waals surface area contributed by atoms with Crippen molar-refractivity contribution in [3.05, 3.63) is 59.0 Å². The third kappa shape index (κ3) is 2.56. The fourth-order valence-corrected chi connectivity index (χ4v) is 2.37. The van der Waals surface area contributed by atoms with Gasteiger partial charge in [-0.05, 0) is 30.3 Å². The molecule has 1 aromatic carbocycles. The maximum atomic E-state index is 11.3. The molecule has 0 amide bonds. The number of pyridine rings is 1. The topological polar surface area (TPSA) is 89.9 Å². The predicted octanol–water partition coefficient (Wildman–Crippen LogP) is 2.85. The molecule has 0 bridgehead atoms. The average Bonchev–Trinajstić information content (AvgIpc) is 2.86. The Bertz CT molecular complexity index is 860. The molecular formula is C15H12ClN3O3. The summed E-state index contributed by atoms with van der Waals surface area (Å²) in [6.07, 6.45) is 0. The summed E-state index contributed by atoms with van der Waals surface area (Å²) in [4.78, 5) is 15.4. The van der Waals surface area contributed by atoms with Gasteiger partial charge in [0.1, 0.15) is 18.2 Å². The first-order valence-electron chi connectivity index (χ1n) is 6.44. The highest BCUT2D eigenvalue weighted by Gasteiger charge is 2.18. The molecule has 112 valence electrons. The lowest BCUT2D eigenvalue weighted by Gasteiger charge is -2.07. The summed E-state index contributed by atoms with van der Waals surface area (Å²) in [6, 6.07) is 11.9. The van der Waals surface area contributed by atoms with Crippen LogP contribution < -0.4 is 10.5 Å². The minimum atomic E-state index is -1.11. The Morgan fingerprint density at radius 3 is 2.82 bits per heavy atom. The van der Waals surface area contributed by atoms with Gasteiger partial charge in [0.2, 0.25) is 0 Å². The number of carboxylic acids is 1. The molecule has 3 N–H and O–H groups in total. The Balaban J connectivity index is 1.98. The van der Waals surface area contributed by atoms with Crippen molar-refractivity contribution in [3.63, 3.8) is 0 Å². The van der Waals surface area contributed by atoms with E-state index in [4.69, 9.17) is 22.1 Å². The van der Waals surface area contributed by atoms with Crippen molar-refractivity contribution >= 4 is 28.9 Å². The van der Waals surface area contributed by atoms with Crippen LogP contribution in [0, 0.1) is 0 Å². The van der Waals surface area contributed by atoms with Crippen LogP contribution in [0.4, 0.5) is 5.82 Å². The quantitative estimate of drug-likeness (QED) is 0.772. The lowest BCUT2D eigenvalue weighted by atomic mass is 10.3. The summed E-state index contributed by atoms with van der Waals surface area (Å²) in [6.45, 7) is 0.0724. The van der Waals surface area contributed by atoms with Crippen LogP contribution in [0.3, 0.4) is 0 Å². The molecule has 0 radical (unpaired) electrons. The first-order valence-corrected chi connectivity index (χ1v) is 6.81. The molecule has 0 aliphatic heterocycles. The summed E-state index contributed by atoms with van der Waals surface area (Å²) >= 11 is 5.89. The first-order chi connectivity index (χ1) is 10.6. The average molecular weight is 318 g/mol. The molecule has 2 heterocycles. The van der Waals surface area contributed by atoms with Gasteiger partial charge in [0.15, 0.2) is 11.5 Å². The zero-order valence-corrected chi connectivity index (χ0v) is 12.1. The molecule has 0 spiro atoms. The Morgan fingerprint density at radius 1 is 1.32 bits per heavy atom. The second kappa shape index (κ2) is 5.57. The van der Waals surface area contributed by atoms with Gasteiger partial charge >= 0.3 is 5.97 Å². The molecule has 0 saturated heterocycles. The second-order valence-electron chi connectivity index (χ2n) is 4.60. The largest absolute Gasteiger partial charge is 0.486 e. The SMILES string of the molecule is Nc1cccc2c(C(=O)O)nc(COc3cccc(Cl)c3)n12. The monoisotopic (exact) mass is 317 g/mol. The second-order valence-corrected chi connectivity index (χ2v) is 5.04. The number of nitrogen functional groups attached to an aromatic ring is 1. The number of imidazole rings is 1. The third-order valence-corrected chi connectivity index (χ3v) is 3.36. The van der Waals surface area contributed by atoms with E-state index >= 15 is 0 Å². The van der Waals surface area contributed by atoms with Gasteiger partial charge in [-0.3, -0.25) is 4.40 Å². The highest BCUT2D eigenvalue weighted by Crippen LogP contribution is 2.21. The van der Waals surface area contributed by atoms with Crippen LogP contribution in [-0.4, -0.2) is 20.5 Å². The van der Waals surface area contributed by atoms with Crippen LogP contribution in [0.2, 0.25) is 5.02 Å². The van der Waals surface area contributed by atoms with Gasteiger partial charge in [-0.2, -0.15) is 0 Å². The maximum Gasteiger partial charge on any atom is 0.356 e. The van der Waals surface area contributed by atoms with Crippen molar-refractivity contribution in [3.8, 4) is 5.75 Å².